The Morgan fingerprint density at radius 2 is 1.30 bits per heavy atom. The Kier molecular flexibility index (Phi) is 5.35. The van der Waals surface area contributed by atoms with Crippen LogP contribution in [0.2, 0.25) is 0 Å². The summed E-state index contributed by atoms with van der Waals surface area (Å²) in [6, 6.07) is 14.8. The average Bonchev–Trinajstić information content (AvgIpc) is 3.04. The maximum Gasteiger partial charge on any atom is 0.338 e. The highest BCUT2D eigenvalue weighted by Crippen LogP contribution is 2.25. The van der Waals surface area contributed by atoms with E-state index in [1.54, 1.807) is 12.1 Å². The second-order valence-electron chi connectivity index (χ2n) is 6.84. The average molecular weight is 466 g/mol. The third-order valence-electron chi connectivity index (χ3n) is 4.79. The van der Waals surface area contributed by atoms with Crippen LogP contribution in [0.4, 0.5) is 16.2 Å². The number of benzene rings is 3. The highest BCUT2D eigenvalue weighted by Gasteiger charge is 2.36. The smallest absolute Gasteiger partial charge is 0.307 e. The highest BCUT2D eigenvalue weighted by molar-refractivity contribution is 7.91. The van der Waals surface area contributed by atoms with Crippen LogP contribution in [0.25, 0.3) is 0 Å². The number of non-ortho nitro benzene ring substituents is 1. The number of nitrogens with zero attached hydrogens (tertiary/aromatic N) is 2. The molecule has 1 heterocycles. The van der Waals surface area contributed by atoms with Gasteiger partial charge in [-0.25, -0.2) is 18.6 Å². The number of nitrogens with one attached hydrogen (secondary N) is 2. The van der Waals surface area contributed by atoms with Crippen molar-refractivity contribution in [1.82, 2.24) is 10.4 Å². The van der Waals surface area contributed by atoms with Gasteiger partial charge in [0.1, 0.15) is 0 Å². The number of fused-ring (bicyclic) bond motifs is 1. The molecule has 0 fully saturated rings. The van der Waals surface area contributed by atoms with Crippen LogP contribution in [0.1, 0.15) is 20.7 Å². The lowest BCUT2D eigenvalue weighted by atomic mass is 10.1. The van der Waals surface area contributed by atoms with Crippen LogP contribution in [0.3, 0.4) is 0 Å². The second kappa shape index (κ2) is 8.16. The Morgan fingerprint density at radius 3 is 1.79 bits per heavy atom. The number of carbonyl (C=O) groups excluding carboxylic acids is 3. The monoisotopic (exact) mass is 466 g/mol. The van der Waals surface area contributed by atoms with Crippen molar-refractivity contribution in [3.05, 3.63) is 94.0 Å². The number of anilines is 1. The van der Waals surface area contributed by atoms with Crippen molar-refractivity contribution in [2.45, 2.75) is 9.79 Å². The maximum atomic E-state index is 12.7. The number of imide groups is 1. The number of urea groups is 1. The third-order valence-corrected chi connectivity index (χ3v) is 6.57. The zero-order valence-electron chi connectivity index (χ0n) is 16.6. The van der Waals surface area contributed by atoms with E-state index in [9.17, 15) is 32.9 Å². The van der Waals surface area contributed by atoms with Crippen molar-refractivity contribution < 1.29 is 27.7 Å². The molecule has 4 rings (SSSR count). The first-order valence-corrected chi connectivity index (χ1v) is 10.8. The SMILES string of the molecule is O=C(Nc1ccc(S(=O)(=O)c2ccc([N+](=O)[O-])cc2)cc1)NN1C(=O)c2ccccc2C1=O. The van der Waals surface area contributed by atoms with Gasteiger partial charge in [0.05, 0.1) is 25.8 Å². The van der Waals surface area contributed by atoms with Crippen molar-refractivity contribution in [3.63, 3.8) is 0 Å². The van der Waals surface area contributed by atoms with E-state index >= 15 is 0 Å². The molecule has 166 valence electrons. The van der Waals surface area contributed by atoms with Crippen molar-refractivity contribution in [1.29, 1.82) is 0 Å². The van der Waals surface area contributed by atoms with Gasteiger partial charge >= 0.3 is 6.03 Å². The largest absolute Gasteiger partial charge is 0.338 e. The predicted molar refractivity (Wildman–Crippen MR) is 114 cm³/mol. The van der Waals surface area contributed by atoms with E-state index in [0.717, 1.165) is 24.3 Å². The lowest BCUT2D eigenvalue weighted by molar-refractivity contribution is -0.384. The van der Waals surface area contributed by atoms with Crippen molar-refractivity contribution in [2.24, 2.45) is 0 Å². The fourth-order valence-corrected chi connectivity index (χ4v) is 4.41. The summed E-state index contributed by atoms with van der Waals surface area (Å²) in [6.07, 6.45) is 0. The molecule has 1 aliphatic rings. The van der Waals surface area contributed by atoms with Crippen LogP contribution in [-0.4, -0.2) is 36.2 Å². The minimum atomic E-state index is -3.94. The Balaban J connectivity index is 1.44. The molecule has 1 aliphatic heterocycles. The molecule has 11 nitrogen and oxygen atoms in total. The number of hydrogen-bond donors (Lipinski definition) is 2. The predicted octanol–water partition coefficient (Wildman–Crippen LogP) is 2.76. The molecule has 3 aromatic rings. The fourth-order valence-electron chi connectivity index (χ4n) is 3.15. The van der Waals surface area contributed by atoms with Crippen LogP contribution in [0, 0.1) is 10.1 Å². The molecule has 0 saturated heterocycles. The number of amides is 4. The van der Waals surface area contributed by atoms with Crippen LogP contribution >= 0.6 is 0 Å². The van der Waals surface area contributed by atoms with E-state index in [0.29, 0.717) is 5.01 Å². The summed E-state index contributed by atoms with van der Waals surface area (Å²) in [4.78, 5) is 46.7. The van der Waals surface area contributed by atoms with Gasteiger partial charge in [-0.2, -0.15) is 5.01 Å². The van der Waals surface area contributed by atoms with E-state index in [1.165, 1.54) is 36.4 Å². The molecular weight excluding hydrogens is 452 g/mol. The van der Waals surface area contributed by atoms with Crippen molar-refractivity contribution in [2.75, 3.05) is 5.32 Å². The van der Waals surface area contributed by atoms with Gasteiger partial charge in [0.2, 0.25) is 9.84 Å². The lowest BCUT2D eigenvalue weighted by Crippen LogP contribution is -2.47. The van der Waals surface area contributed by atoms with Gasteiger partial charge in [-0.15, -0.1) is 0 Å². The van der Waals surface area contributed by atoms with Gasteiger partial charge in [0, 0.05) is 17.8 Å². The third kappa shape index (κ3) is 4.02. The van der Waals surface area contributed by atoms with Crippen molar-refractivity contribution in [3.8, 4) is 0 Å². The molecule has 33 heavy (non-hydrogen) atoms. The highest BCUT2D eigenvalue weighted by atomic mass is 32.2. The topological polar surface area (TPSA) is 156 Å². The first-order chi connectivity index (χ1) is 15.7. The van der Waals surface area contributed by atoms with Crippen molar-refractivity contribution >= 4 is 39.1 Å². The number of hydrogen-bond acceptors (Lipinski definition) is 7. The van der Waals surface area contributed by atoms with E-state index in [-0.39, 0.29) is 32.3 Å². The summed E-state index contributed by atoms with van der Waals surface area (Å²) in [7, 11) is -3.94. The first kappa shape index (κ1) is 21.6. The number of nitro benzene ring substituents is 1. The molecular formula is C21H14N4O7S. The van der Waals surface area contributed by atoms with Crippen LogP contribution in [0.5, 0.6) is 0 Å². The minimum Gasteiger partial charge on any atom is -0.307 e. The molecule has 0 radical (unpaired) electrons. The molecule has 3 aromatic carbocycles. The Hall–Kier alpha value is -4.58. The van der Waals surface area contributed by atoms with Gasteiger partial charge < -0.3 is 5.32 Å². The van der Waals surface area contributed by atoms with Crippen LogP contribution < -0.4 is 10.7 Å². The van der Waals surface area contributed by atoms with Crippen LogP contribution in [-0.2, 0) is 9.84 Å². The first-order valence-electron chi connectivity index (χ1n) is 9.33. The molecule has 0 bridgehead atoms. The maximum absolute atomic E-state index is 12.7. The molecule has 0 aliphatic carbocycles. The lowest BCUT2D eigenvalue weighted by Gasteiger charge is -2.15. The Labute approximate surface area is 186 Å². The Bertz CT molecular complexity index is 1370. The van der Waals surface area contributed by atoms with Gasteiger partial charge in [-0.3, -0.25) is 19.7 Å². The van der Waals surface area contributed by atoms with Gasteiger partial charge in [-0.05, 0) is 48.5 Å². The summed E-state index contributed by atoms with van der Waals surface area (Å²) >= 11 is 0. The van der Waals surface area contributed by atoms with Crippen LogP contribution in [0.15, 0.2) is 82.6 Å². The number of rotatable bonds is 5. The zero-order chi connectivity index (χ0) is 23.8. The number of nitro groups is 1. The van der Waals surface area contributed by atoms with E-state index in [2.05, 4.69) is 10.7 Å². The summed E-state index contributed by atoms with van der Waals surface area (Å²) in [6.45, 7) is 0. The molecule has 0 atom stereocenters. The molecule has 0 unspecified atom stereocenters. The normalized spacial score (nSPS) is 12.9. The molecule has 0 aromatic heterocycles. The second-order valence-corrected chi connectivity index (χ2v) is 8.79. The minimum absolute atomic E-state index is 0.0948. The Morgan fingerprint density at radius 1 is 0.818 bits per heavy atom. The van der Waals surface area contributed by atoms with E-state index in [4.69, 9.17) is 0 Å². The number of carbonyl (C=O) groups is 3. The molecule has 0 saturated carbocycles. The van der Waals surface area contributed by atoms with E-state index in [1.807, 2.05) is 0 Å². The molecule has 2 N–H and O–H groups in total. The fraction of sp³-hybridized carbons (Fsp3) is 0. The summed E-state index contributed by atoms with van der Waals surface area (Å²) in [5.41, 5.74) is 2.47. The number of hydrazine groups is 1. The standard InChI is InChI=1S/C21H14N4O7S/c26-19-17-3-1-2-4-18(17)20(27)24(19)23-21(28)22-13-5-9-15(10-6-13)33(31,32)16-11-7-14(8-12-16)25(29)30/h1-12H,(H2,22,23,28). The quantitative estimate of drug-likeness (QED) is 0.333. The summed E-state index contributed by atoms with van der Waals surface area (Å²) in [5, 5.41) is 13.7. The molecule has 0 spiro atoms. The summed E-state index contributed by atoms with van der Waals surface area (Å²) in [5.74, 6) is -1.34. The van der Waals surface area contributed by atoms with Gasteiger partial charge in [0.25, 0.3) is 17.5 Å². The number of sulfone groups is 1. The molecule has 12 heteroatoms. The van der Waals surface area contributed by atoms with Gasteiger partial charge in [0.15, 0.2) is 0 Å². The molecule has 4 amide bonds. The summed E-state index contributed by atoms with van der Waals surface area (Å²) < 4.78 is 25.4. The van der Waals surface area contributed by atoms with Gasteiger partial charge in [-0.1, -0.05) is 12.1 Å². The van der Waals surface area contributed by atoms with E-state index < -0.39 is 32.6 Å². The zero-order valence-corrected chi connectivity index (χ0v) is 17.4.